The van der Waals surface area contributed by atoms with Gasteiger partial charge in [-0.15, -0.1) is 5.10 Å². The zero-order valence-corrected chi connectivity index (χ0v) is 18.9. The van der Waals surface area contributed by atoms with Gasteiger partial charge in [0.25, 0.3) is 0 Å². The van der Waals surface area contributed by atoms with Crippen LogP contribution in [0.25, 0.3) is 0 Å². The number of hydrogen-bond donors (Lipinski definition) is 2. The molecular weight excluding hydrogens is 460 g/mol. The van der Waals surface area contributed by atoms with Gasteiger partial charge >= 0.3 is 23.8 Å². The maximum atomic E-state index is 13.3. The highest BCUT2D eigenvalue weighted by Gasteiger charge is 2.59. The van der Waals surface area contributed by atoms with Crippen molar-refractivity contribution in [3.8, 4) is 0 Å². The van der Waals surface area contributed by atoms with Gasteiger partial charge in [-0.05, 0) is 61.8 Å². The number of ether oxygens (including phenoxy) is 1. The molecule has 2 aliphatic rings. The minimum Gasteiger partial charge on any atom is -0.469 e. The molecule has 9 nitrogen and oxygen atoms in total. The van der Waals surface area contributed by atoms with Crippen molar-refractivity contribution in [2.24, 2.45) is 11.3 Å². The van der Waals surface area contributed by atoms with Gasteiger partial charge in [0, 0.05) is 23.4 Å². The van der Waals surface area contributed by atoms with Gasteiger partial charge in [-0.3, -0.25) is 14.6 Å². The smallest absolute Gasteiger partial charge is 0.320 e. The van der Waals surface area contributed by atoms with E-state index in [9.17, 15) is 18.4 Å². The van der Waals surface area contributed by atoms with Crippen LogP contribution < -0.4 is 10.6 Å². The van der Waals surface area contributed by atoms with Crippen LogP contribution in [0.1, 0.15) is 54.4 Å². The first kappa shape index (κ1) is 22.9. The van der Waals surface area contributed by atoms with Gasteiger partial charge < -0.3 is 19.8 Å². The number of methoxy groups -OCH3 is 1. The second kappa shape index (κ2) is 9.05. The summed E-state index contributed by atoms with van der Waals surface area (Å²) in [6.07, 6.45) is 6.37. The third kappa shape index (κ3) is 4.71. The Labute approximate surface area is 199 Å². The molecule has 1 atom stereocenters. The number of benzene rings is 1. The SMILES string of the molecule is COC(=O)[C@@H]1CC12CCC(c1ccc(NC(=O)c3nnc(Nc4ccc(F)c(F)c4)o3)cn1)CC2. The lowest BCUT2D eigenvalue weighted by atomic mass is 9.77. The Kier molecular flexibility index (Phi) is 5.91. The molecule has 35 heavy (non-hydrogen) atoms. The second-order valence-electron chi connectivity index (χ2n) is 9.01. The first-order chi connectivity index (χ1) is 16.9. The van der Waals surface area contributed by atoms with E-state index in [0.717, 1.165) is 49.9 Å². The lowest BCUT2D eigenvalue weighted by Gasteiger charge is -2.28. The minimum absolute atomic E-state index is 0.0382. The van der Waals surface area contributed by atoms with E-state index in [1.54, 1.807) is 12.3 Å². The number of nitrogens with one attached hydrogen (secondary N) is 2. The van der Waals surface area contributed by atoms with E-state index >= 15 is 0 Å². The number of halogens is 2. The fourth-order valence-electron chi connectivity index (χ4n) is 4.83. The van der Waals surface area contributed by atoms with Gasteiger partial charge in [-0.25, -0.2) is 8.78 Å². The van der Waals surface area contributed by atoms with Crippen LogP contribution in [0, 0.1) is 23.0 Å². The Balaban J connectivity index is 1.15. The molecule has 2 heterocycles. The average Bonchev–Trinajstić information content (AvgIpc) is 3.35. The molecule has 182 valence electrons. The molecule has 2 aliphatic carbocycles. The molecule has 2 aromatic heterocycles. The standard InChI is InChI=1S/C24H23F2N5O4/c1-34-22(33)16-11-24(16)8-6-13(7-9-24)19-5-3-15(12-27-19)28-20(32)21-30-31-23(35-21)29-14-2-4-17(25)18(26)10-14/h2-5,10,12-13,16H,6-9,11H2,1H3,(H,28,32)(H,29,31)/t13?,16-,24?/m0/s1. The van der Waals surface area contributed by atoms with Crippen molar-refractivity contribution >= 4 is 29.3 Å². The number of anilines is 3. The van der Waals surface area contributed by atoms with Gasteiger partial charge in [-0.1, -0.05) is 5.10 Å². The van der Waals surface area contributed by atoms with Crippen LogP contribution in [0.2, 0.25) is 0 Å². The Morgan fingerprint density at radius 3 is 2.54 bits per heavy atom. The molecule has 0 aliphatic heterocycles. The van der Waals surface area contributed by atoms with Crippen molar-refractivity contribution in [1.82, 2.24) is 15.2 Å². The third-order valence-corrected chi connectivity index (χ3v) is 6.91. The largest absolute Gasteiger partial charge is 0.469 e. The molecule has 1 spiro atoms. The molecule has 0 saturated heterocycles. The Morgan fingerprint density at radius 2 is 1.86 bits per heavy atom. The van der Waals surface area contributed by atoms with Crippen molar-refractivity contribution in [2.45, 2.75) is 38.0 Å². The van der Waals surface area contributed by atoms with Crippen molar-refractivity contribution in [3.63, 3.8) is 0 Å². The molecule has 2 fully saturated rings. The fraction of sp³-hybridized carbons (Fsp3) is 0.375. The van der Waals surface area contributed by atoms with E-state index in [-0.39, 0.29) is 34.9 Å². The van der Waals surface area contributed by atoms with E-state index in [0.29, 0.717) is 11.6 Å². The predicted molar refractivity (Wildman–Crippen MR) is 120 cm³/mol. The predicted octanol–water partition coefficient (Wildman–Crippen LogP) is 4.58. The van der Waals surface area contributed by atoms with Crippen LogP contribution in [0.4, 0.5) is 26.2 Å². The number of nitrogens with zero attached hydrogens (tertiary/aromatic N) is 3. The molecule has 0 bridgehead atoms. The number of carbonyl (C=O) groups excluding carboxylic acids is 2. The van der Waals surface area contributed by atoms with Gasteiger partial charge in [0.15, 0.2) is 11.6 Å². The average molecular weight is 483 g/mol. The molecular formula is C24H23F2N5O4. The van der Waals surface area contributed by atoms with Crippen molar-refractivity contribution in [2.75, 3.05) is 17.7 Å². The molecule has 0 radical (unpaired) electrons. The molecule has 5 rings (SSSR count). The van der Waals surface area contributed by atoms with E-state index in [1.165, 1.54) is 13.2 Å². The summed E-state index contributed by atoms with van der Waals surface area (Å²) in [5.41, 5.74) is 1.71. The quantitative estimate of drug-likeness (QED) is 0.489. The van der Waals surface area contributed by atoms with Crippen LogP contribution in [0.15, 0.2) is 40.9 Å². The van der Waals surface area contributed by atoms with Crippen LogP contribution in [0.5, 0.6) is 0 Å². The second-order valence-corrected chi connectivity index (χ2v) is 9.01. The Morgan fingerprint density at radius 1 is 1.09 bits per heavy atom. The summed E-state index contributed by atoms with van der Waals surface area (Å²) in [5, 5.41) is 12.6. The van der Waals surface area contributed by atoms with Gasteiger partial charge in [0.1, 0.15) is 0 Å². The monoisotopic (exact) mass is 483 g/mol. The lowest BCUT2D eigenvalue weighted by Crippen LogP contribution is -2.20. The summed E-state index contributed by atoms with van der Waals surface area (Å²) in [6, 6.07) is 6.68. The molecule has 2 saturated carbocycles. The van der Waals surface area contributed by atoms with Gasteiger partial charge in [-0.2, -0.15) is 0 Å². The Bertz CT molecular complexity index is 1260. The molecule has 1 aromatic carbocycles. The first-order valence-electron chi connectivity index (χ1n) is 11.3. The number of carbonyl (C=O) groups is 2. The van der Waals surface area contributed by atoms with E-state index < -0.39 is 17.5 Å². The molecule has 2 N–H and O–H groups in total. The number of rotatable bonds is 6. The van der Waals surface area contributed by atoms with Crippen molar-refractivity contribution in [1.29, 1.82) is 0 Å². The molecule has 3 aromatic rings. The fourth-order valence-corrected chi connectivity index (χ4v) is 4.83. The van der Waals surface area contributed by atoms with E-state index in [1.807, 2.05) is 6.07 Å². The van der Waals surface area contributed by atoms with Gasteiger partial charge in [0.2, 0.25) is 0 Å². The maximum Gasteiger partial charge on any atom is 0.320 e. The minimum atomic E-state index is -1.03. The topological polar surface area (TPSA) is 119 Å². The summed E-state index contributed by atoms with van der Waals surface area (Å²) in [7, 11) is 1.44. The van der Waals surface area contributed by atoms with Crippen molar-refractivity contribution in [3.05, 3.63) is 59.7 Å². The highest BCUT2D eigenvalue weighted by molar-refractivity contribution is 6.00. The summed E-state index contributed by atoms with van der Waals surface area (Å²) in [6.45, 7) is 0. The summed E-state index contributed by atoms with van der Waals surface area (Å²) >= 11 is 0. The zero-order chi connectivity index (χ0) is 24.6. The normalized spacial score (nSPS) is 23.1. The van der Waals surface area contributed by atoms with E-state index in [4.69, 9.17) is 9.15 Å². The molecule has 1 amide bonds. The first-order valence-corrected chi connectivity index (χ1v) is 11.3. The number of pyridine rings is 1. The van der Waals surface area contributed by atoms with Crippen LogP contribution in [-0.4, -0.2) is 34.2 Å². The Hall–Kier alpha value is -3.89. The summed E-state index contributed by atoms with van der Waals surface area (Å²) in [5.74, 6) is -2.71. The zero-order valence-electron chi connectivity index (χ0n) is 18.9. The van der Waals surface area contributed by atoms with Gasteiger partial charge in [0.05, 0.1) is 24.9 Å². The van der Waals surface area contributed by atoms with Crippen LogP contribution in [-0.2, 0) is 9.53 Å². The number of aromatic nitrogens is 3. The summed E-state index contributed by atoms with van der Waals surface area (Å²) in [4.78, 5) is 28.8. The third-order valence-electron chi connectivity index (χ3n) is 6.91. The number of esters is 1. The maximum absolute atomic E-state index is 13.3. The van der Waals surface area contributed by atoms with Crippen molar-refractivity contribution < 1.29 is 27.5 Å². The molecule has 0 unspecified atom stereocenters. The number of hydrogen-bond acceptors (Lipinski definition) is 8. The lowest BCUT2D eigenvalue weighted by molar-refractivity contribution is -0.143. The summed E-state index contributed by atoms with van der Waals surface area (Å²) < 4.78 is 36.5. The highest BCUT2D eigenvalue weighted by atomic mass is 19.2. The highest BCUT2D eigenvalue weighted by Crippen LogP contribution is 2.63. The van der Waals surface area contributed by atoms with E-state index in [2.05, 4.69) is 25.8 Å². The molecule has 11 heteroatoms. The van der Waals surface area contributed by atoms with Crippen LogP contribution in [0.3, 0.4) is 0 Å². The number of amides is 1. The van der Waals surface area contributed by atoms with Crippen LogP contribution >= 0.6 is 0 Å².